The van der Waals surface area contributed by atoms with E-state index in [0.717, 1.165) is 61.2 Å². The van der Waals surface area contributed by atoms with Crippen LogP contribution in [0.1, 0.15) is 62.2 Å². The van der Waals surface area contributed by atoms with Crippen molar-refractivity contribution in [2.75, 3.05) is 11.4 Å². The summed E-state index contributed by atoms with van der Waals surface area (Å²) in [5, 5.41) is 3.85. The number of carbonyl (C=O) groups is 2. The summed E-state index contributed by atoms with van der Waals surface area (Å²) in [4.78, 5) is 31.1. The molecule has 0 saturated heterocycles. The van der Waals surface area contributed by atoms with Crippen LogP contribution < -0.4 is 10.2 Å². The number of rotatable bonds is 5. The SMILES string of the molecule is O=C(NC1CCCCC1)N(CC(=O)N1c2ccccc2-n2cccc2[C@@H]1c1cccc(Cl)c1)C1CC1. The first-order valence-corrected chi connectivity index (χ1v) is 13.4. The quantitative estimate of drug-likeness (QED) is 0.460. The molecule has 0 bridgehead atoms. The second-order valence-electron chi connectivity index (χ2n) is 10.2. The van der Waals surface area contributed by atoms with E-state index in [2.05, 4.69) is 16.0 Å². The summed E-state index contributed by atoms with van der Waals surface area (Å²) in [6.45, 7) is 0.0509. The highest BCUT2D eigenvalue weighted by Gasteiger charge is 2.40. The molecule has 2 aromatic carbocycles. The lowest BCUT2D eigenvalue weighted by atomic mass is 9.96. The van der Waals surface area contributed by atoms with E-state index in [-0.39, 0.29) is 36.6 Å². The predicted octanol–water partition coefficient (Wildman–Crippen LogP) is 6.07. The topological polar surface area (TPSA) is 57.6 Å². The second kappa shape index (κ2) is 9.66. The number of anilines is 1. The van der Waals surface area contributed by atoms with Gasteiger partial charge in [0, 0.05) is 23.3 Å². The Morgan fingerprint density at radius 2 is 1.69 bits per heavy atom. The van der Waals surface area contributed by atoms with Crippen molar-refractivity contribution in [3.05, 3.63) is 83.1 Å². The van der Waals surface area contributed by atoms with Crippen molar-refractivity contribution in [3.63, 3.8) is 0 Å². The number of fused-ring (bicyclic) bond motifs is 3. The Morgan fingerprint density at radius 1 is 0.917 bits per heavy atom. The summed E-state index contributed by atoms with van der Waals surface area (Å²) >= 11 is 6.39. The normalized spacial score (nSPS) is 19.4. The predicted molar refractivity (Wildman–Crippen MR) is 142 cm³/mol. The molecule has 1 aliphatic heterocycles. The van der Waals surface area contributed by atoms with E-state index < -0.39 is 0 Å². The molecule has 3 amide bonds. The Kier molecular flexibility index (Phi) is 6.22. The average Bonchev–Trinajstić information content (AvgIpc) is 3.62. The van der Waals surface area contributed by atoms with E-state index in [4.69, 9.17) is 11.6 Å². The first-order chi connectivity index (χ1) is 17.6. The summed E-state index contributed by atoms with van der Waals surface area (Å²) < 4.78 is 2.14. The van der Waals surface area contributed by atoms with Crippen LogP contribution in [0.2, 0.25) is 5.02 Å². The molecule has 2 heterocycles. The molecule has 2 aliphatic carbocycles. The Morgan fingerprint density at radius 3 is 2.44 bits per heavy atom. The molecule has 0 radical (unpaired) electrons. The molecule has 1 atom stereocenters. The number of hydrogen-bond donors (Lipinski definition) is 1. The highest BCUT2D eigenvalue weighted by molar-refractivity contribution is 6.30. The van der Waals surface area contributed by atoms with Crippen LogP contribution in [-0.4, -0.2) is 40.0 Å². The van der Waals surface area contributed by atoms with E-state index in [1.54, 1.807) is 4.90 Å². The number of amides is 3. The average molecular weight is 503 g/mol. The minimum Gasteiger partial charge on any atom is -0.335 e. The molecule has 7 heteroatoms. The van der Waals surface area contributed by atoms with Crippen LogP contribution in [0.15, 0.2) is 66.9 Å². The minimum absolute atomic E-state index is 0.0509. The zero-order valence-electron chi connectivity index (χ0n) is 20.3. The first-order valence-electron chi connectivity index (χ1n) is 13.0. The standard InChI is InChI=1S/C29H31ClN4O2/c30-21-9-6-8-20(18-21)28-26-14-7-17-32(26)24-12-4-5-13-25(24)34(28)27(35)19-33(23-15-16-23)29(36)31-22-10-2-1-3-11-22/h4-9,12-14,17-18,22-23,28H,1-3,10-11,15-16,19H2,(H,31,36)/t28-/m0/s1. The fourth-order valence-electron chi connectivity index (χ4n) is 5.73. The fourth-order valence-corrected chi connectivity index (χ4v) is 5.93. The van der Waals surface area contributed by atoms with Gasteiger partial charge < -0.3 is 14.8 Å². The van der Waals surface area contributed by atoms with Crippen LogP contribution in [0, 0.1) is 0 Å². The monoisotopic (exact) mass is 502 g/mol. The van der Waals surface area contributed by atoms with Crippen molar-refractivity contribution < 1.29 is 9.59 Å². The maximum atomic E-state index is 14.2. The van der Waals surface area contributed by atoms with Gasteiger partial charge in [0.25, 0.3) is 0 Å². The zero-order chi connectivity index (χ0) is 24.6. The van der Waals surface area contributed by atoms with Gasteiger partial charge in [-0.05, 0) is 67.6 Å². The molecule has 1 aromatic heterocycles. The molecule has 0 spiro atoms. The van der Waals surface area contributed by atoms with Crippen molar-refractivity contribution in [1.29, 1.82) is 0 Å². The highest BCUT2D eigenvalue weighted by Crippen LogP contribution is 2.43. The van der Waals surface area contributed by atoms with Gasteiger partial charge in [0.05, 0.1) is 17.1 Å². The summed E-state index contributed by atoms with van der Waals surface area (Å²) in [6, 6.07) is 19.6. The molecule has 2 fully saturated rings. The summed E-state index contributed by atoms with van der Waals surface area (Å²) in [6.07, 6.45) is 9.50. The molecule has 3 aromatic rings. The van der Waals surface area contributed by atoms with Crippen molar-refractivity contribution in [1.82, 2.24) is 14.8 Å². The van der Waals surface area contributed by atoms with Crippen molar-refractivity contribution in [2.24, 2.45) is 0 Å². The Labute approximate surface area is 216 Å². The molecular formula is C29H31ClN4O2. The lowest BCUT2D eigenvalue weighted by Gasteiger charge is -2.39. The second-order valence-corrected chi connectivity index (χ2v) is 10.6. The Balaban J connectivity index is 1.34. The van der Waals surface area contributed by atoms with E-state index >= 15 is 0 Å². The van der Waals surface area contributed by atoms with Crippen LogP contribution in [0.25, 0.3) is 5.69 Å². The number of aromatic nitrogens is 1. The number of nitrogens with zero attached hydrogens (tertiary/aromatic N) is 3. The maximum Gasteiger partial charge on any atom is 0.318 e. The molecule has 0 unspecified atom stereocenters. The molecule has 2 saturated carbocycles. The van der Waals surface area contributed by atoms with Gasteiger partial charge in [0.1, 0.15) is 12.6 Å². The molecule has 3 aliphatic rings. The first kappa shape index (κ1) is 23.2. The van der Waals surface area contributed by atoms with Crippen molar-refractivity contribution in [3.8, 4) is 5.69 Å². The van der Waals surface area contributed by atoms with E-state index in [9.17, 15) is 9.59 Å². The number of nitrogens with one attached hydrogen (secondary N) is 1. The lowest BCUT2D eigenvalue weighted by Crippen LogP contribution is -2.51. The van der Waals surface area contributed by atoms with Gasteiger partial charge in [-0.15, -0.1) is 0 Å². The zero-order valence-corrected chi connectivity index (χ0v) is 21.0. The van der Waals surface area contributed by atoms with Crippen molar-refractivity contribution in [2.45, 2.75) is 63.1 Å². The molecule has 36 heavy (non-hydrogen) atoms. The third kappa shape index (κ3) is 4.39. The number of para-hydroxylation sites is 2. The Hall–Kier alpha value is -3.25. The number of carbonyl (C=O) groups excluding carboxylic acids is 2. The van der Waals surface area contributed by atoms with Gasteiger partial charge in [-0.2, -0.15) is 0 Å². The van der Waals surface area contributed by atoms with Gasteiger partial charge in [0.2, 0.25) is 5.91 Å². The van der Waals surface area contributed by atoms with Crippen LogP contribution in [0.3, 0.4) is 0 Å². The van der Waals surface area contributed by atoms with Crippen molar-refractivity contribution >= 4 is 29.2 Å². The number of benzene rings is 2. The molecule has 6 nitrogen and oxygen atoms in total. The fraction of sp³-hybridized carbons (Fsp3) is 0.379. The lowest BCUT2D eigenvalue weighted by molar-refractivity contribution is -0.119. The van der Waals surface area contributed by atoms with Gasteiger partial charge >= 0.3 is 6.03 Å². The van der Waals surface area contributed by atoms with Crippen LogP contribution >= 0.6 is 11.6 Å². The minimum atomic E-state index is -0.344. The van der Waals surface area contributed by atoms with Crippen LogP contribution in [0.5, 0.6) is 0 Å². The highest BCUT2D eigenvalue weighted by atomic mass is 35.5. The third-order valence-electron chi connectivity index (χ3n) is 7.64. The molecule has 186 valence electrons. The van der Waals surface area contributed by atoms with Crippen LogP contribution in [-0.2, 0) is 4.79 Å². The van der Waals surface area contributed by atoms with E-state index in [1.807, 2.05) is 65.7 Å². The molecular weight excluding hydrogens is 472 g/mol. The van der Waals surface area contributed by atoms with Gasteiger partial charge in [-0.3, -0.25) is 9.69 Å². The molecule has 6 rings (SSSR count). The smallest absolute Gasteiger partial charge is 0.318 e. The van der Waals surface area contributed by atoms with E-state index in [0.29, 0.717) is 5.02 Å². The number of halogens is 1. The summed E-state index contributed by atoms with van der Waals surface area (Å²) in [5.74, 6) is -0.0921. The van der Waals surface area contributed by atoms with Gasteiger partial charge in [-0.25, -0.2) is 4.79 Å². The maximum absolute atomic E-state index is 14.2. The number of urea groups is 1. The summed E-state index contributed by atoms with van der Waals surface area (Å²) in [5.41, 5.74) is 3.72. The largest absolute Gasteiger partial charge is 0.335 e. The number of hydrogen-bond acceptors (Lipinski definition) is 2. The van der Waals surface area contributed by atoms with Crippen LogP contribution in [0.4, 0.5) is 10.5 Å². The van der Waals surface area contributed by atoms with E-state index in [1.165, 1.54) is 6.42 Å². The molecule has 1 N–H and O–H groups in total. The third-order valence-corrected chi connectivity index (χ3v) is 7.87. The Bertz CT molecular complexity index is 1280. The summed E-state index contributed by atoms with van der Waals surface area (Å²) in [7, 11) is 0. The van der Waals surface area contributed by atoms with Gasteiger partial charge in [-0.1, -0.05) is 55.1 Å². The van der Waals surface area contributed by atoms with Gasteiger partial charge in [0.15, 0.2) is 0 Å².